The minimum atomic E-state index is -1.22. The molecule has 7 heteroatoms. The molecule has 1 aromatic carbocycles. The summed E-state index contributed by atoms with van der Waals surface area (Å²) >= 11 is 0. The topological polar surface area (TPSA) is 102 Å². The summed E-state index contributed by atoms with van der Waals surface area (Å²) in [7, 11) is 3.19. The van der Waals surface area contributed by atoms with Crippen molar-refractivity contribution in [2.24, 2.45) is 5.84 Å². The molecule has 1 aromatic rings. The molecule has 21 heavy (non-hydrogen) atoms. The third-order valence-electron chi connectivity index (χ3n) is 2.56. The third kappa shape index (κ3) is 6.07. The Kier molecular flexibility index (Phi) is 6.38. The lowest BCUT2D eigenvalue weighted by molar-refractivity contribution is -0.144. The Balaban J connectivity index is 2.84. The van der Waals surface area contributed by atoms with Crippen molar-refractivity contribution in [2.45, 2.75) is 6.10 Å². The summed E-state index contributed by atoms with van der Waals surface area (Å²) in [6.45, 7) is 0.263. The molecule has 0 aliphatic rings. The molecule has 0 saturated carbocycles. The number of carboxylic acid groups (broad SMARTS) is 1. The van der Waals surface area contributed by atoms with Crippen LogP contribution in [-0.4, -0.2) is 42.8 Å². The highest BCUT2D eigenvalue weighted by atomic mass is 16.5. The summed E-state index contributed by atoms with van der Waals surface area (Å²) in [6, 6.07) is 6.97. The third-order valence-corrected chi connectivity index (χ3v) is 2.56. The molecule has 114 valence electrons. The van der Waals surface area contributed by atoms with Crippen LogP contribution in [0.2, 0.25) is 0 Å². The standard InChI is InChI=1S/C14H18N2O5/c1-16(15)9-12(21-14(19)8-7-13(17)18)10-3-5-11(20-2)6-4-10/h3-8,12H,9,15H2,1-2H3,(H,17,18)/b8-7+. The fourth-order valence-electron chi connectivity index (χ4n) is 1.61. The van der Waals surface area contributed by atoms with E-state index < -0.39 is 18.0 Å². The van der Waals surface area contributed by atoms with Crippen molar-refractivity contribution >= 4 is 11.9 Å². The second kappa shape index (κ2) is 8.03. The van der Waals surface area contributed by atoms with Crippen LogP contribution in [0.3, 0.4) is 0 Å². The average molecular weight is 294 g/mol. The predicted octanol–water partition coefficient (Wildman–Crippen LogP) is 0.726. The molecule has 1 atom stereocenters. The number of methoxy groups -OCH3 is 1. The van der Waals surface area contributed by atoms with Crippen LogP contribution in [0, 0.1) is 0 Å². The van der Waals surface area contributed by atoms with E-state index in [9.17, 15) is 9.59 Å². The smallest absolute Gasteiger partial charge is 0.331 e. The lowest BCUT2D eigenvalue weighted by Gasteiger charge is -2.21. The van der Waals surface area contributed by atoms with E-state index in [0.29, 0.717) is 5.75 Å². The summed E-state index contributed by atoms with van der Waals surface area (Å²) in [5.74, 6) is 4.30. The molecule has 0 fully saturated rings. The van der Waals surface area contributed by atoms with Crippen molar-refractivity contribution < 1.29 is 24.2 Å². The number of nitrogens with zero attached hydrogens (tertiary/aromatic N) is 1. The van der Waals surface area contributed by atoms with Gasteiger partial charge in [0, 0.05) is 19.2 Å². The van der Waals surface area contributed by atoms with Crippen LogP contribution in [0.4, 0.5) is 0 Å². The van der Waals surface area contributed by atoms with Gasteiger partial charge in [0.05, 0.1) is 13.7 Å². The molecule has 0 aliphatic carbocycles. The largest absolute Gasteiger partial charge is 0.497 e. The zero-order valence-electron chi connectivity index (χ0n) is 11.9. The van der Waals surface area contributed by atoms with Crippen LogP contribution in [0.15, 0.2) is 36.4 Å². The van der Waals surface area contributed by atoms with Crippen molar-refractivity contribution in [1.29, 1.82) is 0 Å². The average Bonchev–Trinajstić information content (AvgIpc) is 2.44. The summed E-state index contributed by atoms with van der Waals surface area (Å²) in [5.41, 5.74) is 0.727. The molecular weight excluding hydrogens is 276 g/mol. The monoisotopic (exact) mass is 294 g/mol. The maximum Gasteiger partial charge on any atom is 0.331 e. The van der Waals surface area contributed by atoms with Crippen LogP contribution in [0.25, 0.3) is 0 Å². The van der Waals surface area contributed by atoms with E-state index in [4.69, 9.17) is 20.4 Å². The highest BCUT2D eigenvalue weighted by Gasteiger charge is 2.17. The number of aliphatic carboxylic acids is 1. The molecule has 0 amide bonds. The first-order chi connectivity index (χ1) is 9.92. The first-order valence-corrected chi connectivity index (χ1v) is 6.13. The van der Waals surface area contributed by atoms with Crippen molar-refractivity contribution in [2.75, 3.05) is 20.7 Å². The first kappa shape index (κ1) is 16.7. The molecule has 1 unspecified atom stereocenters. The minimum absolute atomic E-state index is 0.263. The Bertz CT molecular complexity index is 511. The first-order valence-electron chi connectivity index (χ1n) is 6.13. The summed E-state index contributed by atoms with van der Waals surface area (Å²) in [4.78, 5) is 22.0. The number of benzene rings is 1. The number of rotatable bonds is 7. The number of nitrogens with two attached hydrogens (primary N) is 1. The molecule has 0 spiro atoms. The van der Waals surface area contributed by atoms with E-state index in [0.717, 1.165) is 17.7 Å². The lowest BCUT2D eigenvalue weighted by Crippen LogP contribution is -2.32. The van der Waals surface area contributed by atoms with Gasteiger partial charge in [0.2, 0.25) is 0 Å². The quantitative estimate of drug-likeness (QED) is 0.331. The SMILES string of the molecule is COc1ccc(C(CN(C)N)OC(=O)/C=C/C(=O)O)cc1. The summed E-state index contributed by atoms with van der Waals surface area (Å²) in [6.07, 6.45) is 0.964. The highest BCUT2D eigenvalue weighted by molar-refractivity contribution is 5.90. The van der Waals surface area contributed by atoms with Crippen molar-refractivity contribution in [3.63, 3.8) is 0 Å². The Morgan fingerprint density at radius 3 is 2.43 bits per heavy atom. The number of carbonyl (C=O) groups is 2. The van der Waals surface area contributed by atoms with E-state index in [1.54, 1.807) is 38.4 Å². The second-order valence-electron chi connectivity index (χ2n) is 4.31. The Morgan fingerprint density at radius 2 is 1.95 bits per heavy atom. The van der Waals surface area contributed by atoms with Crippen LogP contribution < -0.4 is 10.6 Å². The molecule has 0 aromatic heterocycles. The van der Waals surface area contributed by atoms with Gasteiger partial charge in [-0.25, -0.2) is 14.6 Å². The number of hydrazine groups is 1. The number of esters is 1. The zero-order valence-corrected chi connectivity index (χ0v) is 11.9. The predicted molar refractivity (Wildman–Crippen MR) is 75.4 cm³/mol. The Hall–Kier alpha value is -2.38. The molecule has 1 rings (SSSR count). The van der Waals surface area contributed by atoms with Crippen molar-refractivity contribution in [3.8, 4) is 5.75 Å². The van der Waals surface area contributed by atoms with E-state index in [1.165, 1.54) is 5.01 Å². The van der Waals surface area contributed by atoms with E-state index in [2.05, 4.69) is 0 Å². The zero-order chi connectivity index (χ0) is 15.8. The van der Waals surface area contributed by atoms with Gasteiger partial charge < -0.3 is 14.6 Å². The molecule has 0 heterocycles. The Morgan fingerprint density at radius 1 is 1.33 bits per heavy atom. The summed E-state index contributed by atoms with van der Waals surface area (Å²) in [5, 5.41) is 9.86. The molecule has 0 radical (unpaired) electrons. The maximum atomic E-state index is 11.6. The van der Waals surface area contributed by atoms with E-state index in [1.807, 2.05) is 0 Å². The van der Waals surface area contributed by atoms with Gasteiger partial charge in [0.15, 0.2) is 0 Å². The van der Waals surface area contributed by atoms with Gasteiger partial charge in [-0.2, -0.15) is 0 Å². The molecule has 0 saturated heterocycles. The number of carboxylic acids is 1. The number of ether oxygens (including phenoxy) is 2. The maximum absolute atomic E-state index is 11.6. The van der Waals surface area contributed by atoms with Crippen molar-refractivity contribution in [3.05, 3.63) is 42.0 Å². The lowest BCUT2D eigenvalue weighted by atomic mass is 10.1. The number of likely N-dealkylation sites (N-methyl/N-ethyl adjacent to an activating group) is 1. The van der Waals surface area contributed by atoms with E-state index >= 15 is 0 Å². The molecular formula is C14H18N2O5. The van der Waals surface area contributed by atoms with Gasteiger partial charge in [-0.15, -0.1) is 0 Å². The van der Waals surface area contributed by atoms with Crippen molar-refractivity contribution in [1.82, 2.24) is 5.01 Å². The number of hydrogen-bond acceptors (Lipinski definition) is 6. The van der Waals surface area contributed by atoms with Gasteiger partial charge >= 0.3 is 11.9 Å². The summed E-state index contributed by atoms with van der Waals surface area (Å²) < 4.78 is 10.3. The fourth-order valence-corrected chi connectivity index (χ4v) is 1.61. The normalized spacial score (nSPS) is 12.4. The molecule has 0 bridgehead atoms. The number of carbonyl (C=O) groups excluding carboxylic acids is 1. The fraction of sp³-hybridized carbons (Fsp3) is 0.286. The van der Waals surface area contributed by atoms with Gasteiger partial charge in [-0.3, -0.25) is 5.84 Å². The molecule has 7 nitrogen and oxygen atoms in total. The van der Waals surface area contributed by atoms with Crippen LogP contribution in [-0.2, 0) is 14.3 Å². The van der Waals surface area contributed by atoms with Gasteiger partial charge in [-0.05, 0) is 17.7 Å². The van der Waals surface area contributed by atoms with Gasteiger partial charge in [-0.1, -0.05) is 12.1 Å². The van der Waals surface area contributed by atoms with Gasteiger partial charge in [0.25, 0.3) is 0 Å². The van der Waals surface area contributed by atoms with Gasteiger partial charge in [0.1, 0.15) is 11.9 Å². The number of hydrogen-bond donors (Lipinski definition) is 2. The molecule has 3 N–H and O–H groups in total. The van der Waals surface area contributed by atoms with Crippen LogP contribution in [0.5, 0.6) is 5.75 Å². The second-order valence-corrected chi connectivity index (χ2v) is 4.31. The van der Waals surface area contributed by atoms with Crippen LogP contribution in [0.1, 0.15) is 11.7 Å². The highest BCUT2D eigenvalue weighted by Crippen LogP contribution is 2.21. The molecule has 0 aliphatic heterocycles. The van der Waals surface area contributed by atoms with E-state index in [-0.39, 0.29) is 6.54 Å². The van der Waals surface area contributed by atoms with Crippen LogP contribution >= 0.6 is 0 Å². The Labute approximate surface area is 122 Å². The minimum Gasteiger partial charge on any atom is -0.497 e.